The molecule has 20 heavy (non-hydrogen) atoms. The first-order valence-electron chi connectivity index (χ1n) is 6.78. The van der Waals surface area contributed by atoms with Crippen LogP contribution in [0.25, 0.3) is 0 Å². The van der Waals surface area contributed by atoms with E-state index < -0.39 is 0 Å². The van der Waals surface area contributed by atoms with Gasteiger partial charge in [0.05, 0.1) is 13.2 Å². The zero-order chi connectivity index (χ0) is 14.8. The Balaban J connectivity index is 2.39. The molecule has 0 saturated heterocycles. The van der Waals surface area contributed by atoms with E-state index in [9.17, 15) is 4.79 Å². The summed E-state index contributed by atoms with van der Waals surface area (Å²) in [6, 6.07) is 3.96. The number of nitrogens with one attached hydrogen (secondary N) is 2. The third-order valence-corrected chi connectivity index (χ3v) is 2.68. The highest BCUT2D eigenvalue weighted by molar-refractivity contribution is 5.77. The highest BCUT2D eigenvalue weighted by atomic mass is 16.5. The minimum atomic E-state index is 0.00510. The summed E-state index contributed by atoms with van der Waals surface area (Å²) in [5.41, 5.74) is 1.13. The van der Waals surface area contributed by atoms with Crippen LogP contribution in [0.5, 0.6) is 0 Å². The molecular formula is C14H24N4O2. The van der Waals surface area contributed by atoms with Crippen molar-refractivity contribution in [3.05, 3.63) is 23.9 Å². The minimum Gasteiger partial charge on any atom is -0.383 e. The van der Waals surface area contributed by atoms with E-state index >= 15 is 0 Å². The van der Waals surface area contributed by atoms with Gasteiger partial charge in [0.1, 0.15) is 5.82 Å². The molecule has 1 aromatic rings. The Morgan fingerprint density at radius 3 is 3.00 bits per heavy atom. The molecule has 1 heterocycles. The average Bonchev–Trinajstić information content (AvgIpc) is 2.39. The fourth-order valence-electron chi connectivity index (χ4n) is 1.81. The van der Waals surface area contributed by atoms with E-state index in [1.54, 1.807) is 13.3 Å². The van der Waals surface area contributed by atoms with E-state index in [-0.39, 0.29) is 5.91 Å². The fraction of sp³-hybridized carbons (Fsp3) is 0.571. The summed E-state index contributed by atoms with van der Waals surface area (Å²) in [6.45, 7) is 5.02. The number of rotatable bonds is 9. The van der Waals surface area contributed by atoms with Gasteiger partial charge in [-0.15, -0.1) is 0 Å². The molecule has 0 atom stereocenters. The van der Waals surface area contributed by atoms with Crippen LogP contribution in [0.4, 0.5) is 5.82 Å². The van der Waals surface area contributed by atoms with Crippen LogP contribution in [-0.4, -0.2) is 56.2 Å². The average molecular weight is 280 g/mol. The Hall–Kier alpha value is -1.66. The van der Waals surface area contributed by atoms with E-state index in [4.69, 9.17) is 4.74 Å². The van der Waals surface area contributed by atoms with Crippen LogP contribution >= 0.6 is 0 Å². The van der Waals surface area contributed by atoms with Gasteiger partial charge in [-0.3, -0.25) is 9.69 Å². The zero-order valence-electron chi connectivity index (χ0n) is 12.5. The molecular weight excluding hydrogens is 256 g/mol. The van der Waals surface area contributed by atoms with Gasteiger partial charge >= 0.3 is 0 Å². The molecule has 0 fully saturated rings. The maximum Gasteiger partial charge on any atom is 0.234 e. The number of pyridine rings is 1. The van der Waals surface area contributed by atoms with Crippen molar-refractivity contribution in [2.24, 2.45) is 0 Å². The topological polar surface area (TPSA) is 66.5 Å². The molecule has 0 bridgehead atoms. The number of anilines is 1. The summed E-state index contributed by atoms with van der Waals surface area (Å²) in [5.74, 6) is 0.869. The van der Waals surface area contributed by atoms with Gasteiger partial charge in [-0.05, 0) is 31.7 Å². The molecule has 6 nitrogen and oxygen atoms in total. The second kappa shape index (κ2) is 9.28. The fourth-order valence-corrected chi connectivity index (χ4v) is 1.81. The molecule has 0 spiro atoms. The van der Waals surface area contributed by atoms with Gasteiger partial charge in [0, 0.05) is 32.9 Å². The van der Waals surface area contributed by atoms with E-state index in [2.05, 4.69) is 15.6 Å². The van der Waals surface area contributed by atoms with Crippen molar-refractivity contribution in [3.8, 4) is 0 Å². The van der Waals surface area contributed by atoms with Crippen molar-refractivity contribution in [2.45, 2.75) is 13.5 Å². The number of amides is 1. The molecule has 2 N–H and O–H groups in total. The predicted molar refractivity (Wildman–Crippen MR) is 79.6 cm³/mol. The summed E-state index contributed by atoms with van der Waals surface area (Å²) in [7, 11) is 3.53. The first-order chi connectivity index (χ1) is 9.65. The molecule has 0 aromatic carbocycles. The first-order valence-corrected chi connectivity index (χ1v) is 6.78. The number of methoxy groups -OCH3 is 1. The molecule has 112 valence electrons. The van der Waals surface area contributed by atoms with Crippen LogP contribution < -0.4 is 10.6 Å². The van der Waals surface area contributed by atoms with Gasteiger partial charge in [-0.1, -0.05) is 0 Å². The van der Waals surface area contributed by atoms with Crippen molar-refractivity contribution in [1.82, 2.24) is 15.2 Å². The van der Waals surface area contributed by atoms with Crippen molar-refractivity contribution in [1.29, 1.82) is 0 Å². The third kappa shape index (κ3) is 6.49. The van der Waals surface area contributed by atoms with E-state index in [1.807, 2.05) is 31.0 Å². The van der Waals surface area contributed by atoms with Crippen LogP contribution in [0.1, 0.15) is 12.5 Å². The highest BCUT2D eigenvalue weighted by Gasteiger charge is 2.07. The lowest BCUT2D eigenvalue weighted by molar-refractivity contribution is -0.122. The van der Waals surface area contributed by atoms with Gasteiger partial charge in [-0.2, -0.15) is 0 Å². The Bertz CT molecular complexity index is 412. The van der Waals surface area contributed by atoms with Crippen LogP contribution in [0.2, 0.25) is 0 Å². The van der Waals surface area contributed by atoms with Crippen LogP contribution in [0, 0.1) is 0 Å². The minimum absolute atomic E-state index is 0.00510. The van der Waals surface area contributed by atoms with Crippen molar-refractivity contribution >= 4 is 11.7 Å². The van der Waals surface area contributed by atoms with Gasteiger partial charge in [0.15, 0.2) is 0 Å². The number of aromatic nitrogens is 1. The molecule has 1 amide bonds. The summed E-state index contributed by atoms with van der Waals surface area (Å²) in [5, 5.41) is 5.98. The zero-order valence-corrected chi connectivity index (χ0v) is 12.5. The summed E-state index contributed by atoms with van der Waals surface area (Å²) in [6.07, 6.45) is 1.78. The number of likely N-dealkylation sites (N-methyl/N-ethyl adjacent to an activating group) is 1. The molecule has 1 aromatic heterocycles. The number of hydrogen-bond acceptors (Lipinski definition) is 5. The summed E-state index contributed by atoms with van der Waals surface area (Å²) >= 11 is 0. The SMILES string of the molecule is CCNc1cc(CN(C)CC(=O)NCCOC)ccn1. The Kier molecular flexibility index (Phi) is 7.60. The van der Waals surface area contributed by atoms with Crippen LogP contribution in [0.15, 0.2) is 18.3 Å². The Morgan fingerprint density at radius 1 is 1.50 bits per heavy atom. The maximum atomic E-state index is 11.7. The van der Waals surface area contributed by atoms with E-state index in [0.29, 0.717) is 26.2 Å². The Morgan fingerprint density at radius 2 is 2.30 bits per heavy atom. The molecule has 0 saturated carbocycles. The number of carbonyl (C=O) groups excluding carboxylic acids is 1. The molecule has 0 radical (unpaired) electrons. The monoisotopic (exact) mass is 280 g/mol. The highest BCUT2D eigenvalue weighted by Crippen LogP contribution is 2.08. The van der Waals surface area contributed by atoms with Gasteiger partial charge in [0.2, 0.25) is 5.91 Å². The predicted octanol–water partition coefficient (Wildman–Crippen LogP) is 0.708. The van der Waals surface area contributed by atoms with Crippen LogP contribution in [-0.2, 0) is 16.1 Å². The van der Waals surface area contributed by atoms with E-state index in [1.165, 1.54) is 0 Å². The van der Waals surface area contributed by atoms with E-state index in [0.717, 1.165) is 17.9 Å². The number of ether oxygens (including phenoxy) is 1. The molecule has 0 unspecified atom stereocenters. The second-order valence-corrected chi connectivity index (χ2v) is 4.59. The normalized spacial score (nSPS) is 10.6. The summed E-state index contributed by atoms with van der Waals surface area (Å²) < 4.78 is 4.89. The van der Waals surface area contributed by atoms with Crippen molar-refractivity contribution in [2.75, 3.05) is 45.7 Å². The lowest BCUT2D eigenvalue weighted by atomic mass is 10.2. The standard InChI is InChI=1S/C14H24N4O2/c1-4-15-13-9-12(5-6-16-13)10-18(2)11-14(19)17-7-8-20-3/h5-6,9H,4,7-8,10-11H2,1-3H3,(H,15,16)(H,17,19). The second-order valence-electron chi connectivity index (χ2n) is 4.59. The lowest BCUT2D eigenvalue weighted by Crippen LogP contribution is -2.36. The summed E-state index contributed by atoms with van der Waals surface area (Å²) in [4.78, 5) is 17.8. The lowest BCUT2D eigenvalue weighted by Gasteiger charge is -2.16. The quantitative estimate of drug-likeness (QED) is 0.652. The number of carbonyl (C=O) groups is 1. The van der Waals surface area contributed by atoms with Crippen molar-refractivity contribution < 1.29 is 9.53 Å². The molecule has 6 heteroatoms. The third-order valence-electron chi connectivity index (χ3n) is 2.68. The Labute approximate surface area is 120 Å². The van der Waals surface area contributed by atoms with Gasteiger partial charge in [0.25, 0.3) is 0 Å². The number of hydrogen-bond donors (Lipinski definition) is 2. The smallest absolute Gasteiger partial charge is 0.234 e. The first kappa shape index (κ1) is 16.4. The molecule has 0 aliphatic heterocycles. The number of nitrogens with zero attached hydrogens (tertiary/aromatic N) is 2. The maximum absolute atomic E-state index is 11.7. The molecule has 0 aliphatic carbocycles. The molecule has 0 aliphatic rings. The van der Waals surface area contributed by atoms with Gasteiger partial charge in [-0.25, -0.2) is 4.98 Å². The van der Waals surface area contributed by atoms with Crippen molar-refractivity contribution in [3.63, 3.8) is 0 Å². The van der Waals surface area contributed by atoms with Crippen LogP contribution in [0.3, 0.4) is 0 Å². The molecule has 1 rings (SSSR count). The van der Waals surface area contributed by atoms with Gasteiger partial charge < -0.3 is 15.4 Å². The largest absolute Gasteiger partial charge is 0.383 e.